The Morgan fingerprint density at radius 1 is 1.04 bits per heavy atom. The van der Waals surface area contributed by atoms with Crippen LogP contribution >= 0.6 is 0 Å². The highest BCUT2D eigenvalue weighted by Gasteiger charge is 2.26. The second kappa shape index (κ2) is 7.48. The fourth-order valence-electron chi connectivity index (χ4n) is 3.49. The molecule has 0 radical (unpaired) electrons. The molecule has 0 amide bonds. The lowest BCUT2D eigenvalue weighted by Gasteiger charge is -2.19. The number of sulfonamides is 1. The van der Waals surface area contributed by atoms with Crippen LogP contribution in [0.25, 0.3) is 5.65 Å². The van der Waals surface area contributed by atoms with Crippen LogP contribution in [0.4, 0.5) is 4.39 Å². The van der Waals surface area contributed by atoms with Crippen molar-refractivity contribution in [2.75, 3.05) is 13.1 Å². The molecule has 1 aromatic carbocycles. The van der Waals surface area contributed by atoms with E-state index < -0.39 is 15.7 Å². The topological polar surface area (TPSA) is 76.7 Å². The molecule has 0 bridgehead atoms. The van der Waals surface area contributed by atoms with E-state index in [0.717, 1.165) is 25.7 Å². The molecule has 0 unspecified atom stereocenters. The number of aromatic nitrogens is 3. The lowest BCUT2D eigenvalue weighted by atomic mass is 10.2. The Bertz CT molecular complexity index is 1160. The van der Waals surface area contributed by atoms with Crippen LogP contribution in [0.15, 0.2) is 52.3 Å². The first kappa shape index (κ1) is 18.8. The van der Waals surface area contributed by atoms with Gasteiger partial charge in [0.1, 0.15) is 5.82 Å². The van der Waals surface area contributed by atoms with E-state index in [1.807, 2.05) is 0 Å². The Kier molecular flexibility index (Phi) is 5.03. The van der Waals surface area contributed by atoms with Gasteiger partial charge in [-0.2, -0.15) is 4.31 Å². The maximum Gasteiger partial charge on any atom is 0.350 e. The van der Waals surface area contributed by atoms with E-state index in [4.69, 9.17) is 0 Å². The molecule has 0 aliphatic carbocycles. The third-order valence-electron chi connectivity index (χ3n) is 4.97. The highest BCUT2D eigenvalue weighted by Crippen LogP contribution is 2.20. The highest BCUT2D eigenvalue weighted by molar-refractivity contribution is 7.89. The number of halogens is 1. The maximum absolute atomic E-state index is 13.4. The van der Waals surface area contributed by atoms with Crippen LogP contribution in [-0.2, 0) is 16.6 Å². The van der Waals surface area contributed by atoms with Crippen LogP contribution in [0.3, 0.4) is 0 Å². The van der Waals surface area contributed by atoms with E-state index in [0.29, 0.717) is 24.3 Å². The number of hydrogen-bond donors (Lipinski definition) is 0. The van der Waals surface area contributed by atoms with Crippen LogP contribution in [0.1, 0.15) is 31.2 Å². The summed E-state index contributed by atoms with van der Waals surface area (Å²) in [6, 6.07) is 8.94. The lowest BCUT2D eigenvalue weighted by Crippen LogP contribution is -2.32. The molecule has 9 heteroatoms. The average molecular weight is 404 g/mol. The molecule has 1 fully saturated rings. The number of rotatable bonds is 4. The van der Waals surface area contributed by atoms with E-state index in [-0.39, 0.29) is 17.3 Å². The van der Waals surface area contributed by atoms with Gasteiger partial charge in [0.25, 0.3) is 0 Å². The second-order valence-electron chi connectivity index (χ2n) is 6.98. The van der Waals surface area contributed by atoms with Gasteiger partial charge >= 0.3 is 5.69 Å². The quantitative estimate of drug-likeness (QED) is 0.668. The molecule has 0 saturated carbocycles. The zero-order valence-electron chi connectivity index (χ0n) is 15.3. The largest absolute Gasteiger partial charge is 0.350 e. The first-order chi connectivity index (χ1) is 13.4. The molecule has 28 heavy (non-hydrogen) atoms. The second-order valence-corrected chi connectivity index (χ2v) is 8.92. The Labute approximate surface area is 162 Å². The fourth-order valence-corrected chi connectivity index (χ4v) is 5.01. The minimum atomic E-state index is -3.66. The van der Waals surface area contributed by atoms with E-state index in [9.17, 15) is 17.6 Å². The van der Waals surface area contributed by atoms with Crippen LogP contribution < -0.4 is 5.69 Å². The summed E-state index contributed by atoms with van der Waals surface area (Å²) in [5.41, 5.74) is 0.478. The minimum absolute atomic E-state index is 0.0781. The van der Waals surface area contributed by atoms with E-state index in [1.54, 1.807) is 12.1 Å². The standard InChI is InChI=1S/C19H21FN4O3S/c20-16-7-5-6-15(12-16)13-24-19(25)23-14-17(8-9-18(23)21-24)28(26,27)22-10-3-1-2-4-11-22/h5-9,12,14H,1-4,10-11,13H2. The summed E-state index contributed by atoms with van der Waals surface area (Å²) in [4.78, 5) is 12.8. The molecule has 1 aliphatic rings. The maximum atomic E-state index is 13.4. The molecule has 148 valence electrons. The Balaban J connectivity index is 1.69. The van der Waals surface area contributed by atoms with Crippen molar-refractivity contribution in [2.45, 2.75) is 37.1 Å². The van der Waals surface area contributed by atoms with Crippen molar-refractivity contribution in [3.63, 3.8) is 0 Å². The van der Waals surface area contributed by atoms with Crippen molar-refractivity contribution < 1.29 is 12.8 Å². The average Bonchev–Trinajstić information content (AvgIpc) is 2.86. The molecular weight excluding hydrogens is 383 g/mol. The molecule has 4 rings (SSSR count). The van der Waals surface area contributed by atoms with E-state index >= 15 is 0 Å². The molecule has 3 aromatic rings. The molecule has 3 heterocycles. The number of hydrogen-bond acceptors (Lipinski definition) is 4. The Morgan fingerprint density at radius 2 is 1.79 bits per heavy atom. The summed E-state index contributed by atoms with van der Waals surface area (Å²) >= 11 is 0. The predicted molar refractivity (Wildman–Crippen MR) is 102 cm³/mol. The molecule has 0 spiro atoms. The minimum Gasteiger partial charge on any atom is -0.249 e. The molecule has 0 atom stereocenters. The van der Waals surface area contributed by atoms with Crippen LogP contribution in [-0.4, -0.2) is 40.0 Å². The van der Waals surface area contributed by atoms with Gasteiger partial charge in [-0.3, -0.25) is 0 Å². The van der Waals surface area contributed by atoms with Crippen LogP contribution in [0.2, 0.25) is 0 Å². The third kappa shape index (κ3) is 3.59. The van der Waals surface area contributed by atoms with E-state index in [2.05, 4.69) is 5.10 Å². The predicted octanol–water partition coefficient (Wildman–Crippen LogP) is 2.25. The summed E-state index contributed by atoms with van der Waals surface area (Å²) in [6.07, 6.45) is 5.06. The van der Waals surface area contributed by atoms with Crippen molar-refractivity contribution in [1.29, 1.82) is 0 Å². The molecule has 1 saturated heterocycles. The summed E-state index contributed by atoms with van der Waals surface area (Å²) in [7, 11) is -3.66. The van der Waals surface area contributed by atoms with Gasteiger partial charge in [-0.1, -0.05) is 25.0 Å². The molecule has 1 aliphatic heterocycles. The van der Waals surface area contributed by atoms with Gasteiger partial charge in [-0.25, -0.2) is 26.7 Å². The number of fused-ring (bicyclic) bond motifs is 1. The zero-order chi connectivity index (χ0) is 19.7. The summed E-state index contributed by atoms with van der Waals surface area (Å²) in [6.45, 7) is 1.09. The smallest absolute Gasteiger partial charge is 0.249 e. The monoisotopic (exact) mass is 404 g/mol. The van der Waals surface area contributed by atoms with E-state index in [1.165, 1.54) is 43.9 Å². The number of pyridine rings is 1. The van der Waals surface area contributed by atoms with Gasteiger partial charge < -0.3 is 0 Å². The normalized spacial score (nSPS) is 16.3. The Morgan fingerprint density at radius 3 is 2.50 bits per heavy atom. The van der Waals surface area contributed by atoms with Gasteiger partial charge in [-0.15, -0.1) is 5.10 Å². The summed E-state index contributed by atoms with van der Waals surface area (Å²) in [5.74, 6) is -0.389. The molecule has 2 aromatic heterocycles. The highest BCUT2D eigenvalue weighted by atomic mass is 32.2. The van der Waals surface area contributed by atoms with Crippen LogP contribution in [0, 0.1) is 5.82 Å². The van der Waals surface area contributed by atoms with Crippen molar-refractivity contribution in [3.8, 4) is 0 Å². The molecule has 0 N–H and O–H groups in total. The van der Waals surface area contributed by atoms with Crippen molar-refractivity contribution >= 4 is 15.7 Å². The van der Waals surface area contributed by atoms with Gasteiger partial charge in [0, 0.05) is 19.3 Å². The number of benzene rings is 1. The van der Waals surface area contributed by atoms with Crippen molar-refractivity contribution in [1.82, 2.24) is 18.5 Å². The number of nitrogens with zero attached hydrogens (tertiary/aromatic N) is 4. The van der Waals surface area contributed by atoms with Gasteiger partial charge in [0.05, 0.1) is 11.4 Å². The van der Waals surface area contributed by atoms with Crippen LogP contribution in [0.5, 0.6) is 0 Å². The summed E-state index contributed by atoms with van der Waals surface area (Å²) in [5, 5.41) is 4.22. The van der Waals surface area contributed by atoms with Gasteiger partial charge in [0.2, 0.25) is 10.0 Å². The third-order valence-corrected chi connectivity index (χ3v) is 6.86. The first-order valence-electron chi connectivity index (χ1n) is 9.29. The molecule has 7 nitrogen and oxygen atoms in total. The van der Waals surface area contributed by atoms with Crippen molar-refractivity contribution in [3.05, 3.63) is 64.5 Å². The first-order valence-corrected chi connectivity index (χ1v) is 10.7. The SMILES string of the molecule is O=c1n(Cc2cccc(F)c2)nc2ccc(S(=O)(=O)N3CCCCCC3)cn12. The fraction of sp³-hybridized carbons (Fsp3) is 0.368. The zero-order valence-corrected chi connectivity index (χ0v) is 16.1. The van der Waals surface area contributed by atoms with Gasteiger partial charge in [-0.05, 0) is 42.7 Å². The van der Waals surface area contributed by atoms with Gasteiger partial charge in [0.15, 0.2) is 5.65 Å². The van der Waals surface area contributed by atoms with Crippen molar-refractivity contribution in [2.24, 2.45) is 0 Å². The molecular formula is C19H21FN4O3S. The Hall–Kier alpha value is -2.52. The summed E-state index contributed by atoms with van der Waals surface area (Å²) < 4.78 is 43.2. The lowest BCUT2D eigenvalue weighted by molar-refractivity contribution is 0.423.